The zero-order valence-electron chi connectivity index (χ0n) is 9.90. The third-order valence-corrected chi connectivity index (χ3v) is 4.55. The average Bonchev–Trinajstić information content (AvgIpc) is 2.93. The molecule has 3 aromatic rings. The topological polar surface area (TPSA) is 66.0 Å². The molecule has 0 radical (unpaired) electrons. The van der Waals surface area contributed by atoms with Gasteiger partial charge < -0.3 is 10.1 Å². The van der Waals surface area contributed by atoms with Crippen molar-refractivity contribution in [1.82, 2.24) is 9.97 Å². The molecule has 0 aliphatic carbocycles. The number of aromatic carboxylic acids is 1. The second kappa shape index (κ2) is 4.36. The van der Waals surface area contributed by atoms with Gasteiger partial charge in [0.1, 0.15) is 5.82 Å². The summed E-state index contributed by atoms with van der Waals surface area (Å²) in [6, 6.07) is 4.80. The number of nitrogens with zero attached hydrogens (tertiary/aromatic N) is 1. The van der Waals surface area contributed by atoms with Crippen LogP contribution in [0.2, 0.25) is 5.02 Å². The standard InChI is InChI=1S/C13H9ClN2O2S/c1-6-5-19-11(10(6)14)12-15-8-3-2-7(13(17)18)4-9(8)16-12/h2-5H,1H3,(H,15,16)(H,17,18). The van der Waals surface area contributed by atoms with Crippen LogP contribution >= 0.6 is 22.9 Å². The maximum atomic E-state index is 10.9. The zero-order valence-corrected chi connectivity index (χ0v) is 11.5. The highest BCUT2D eigenvalue weighted by Gasteiger charge is 2.13. The number of H-pyrrole nitrogens is 1. The highest BCUT2D eigenvalue weighted by atomic mass is 35.5. The van der Waals surface area contributed by atoms with Crippen molar-refractivity contribution in [2.24, 2.45) is 0 Å². The summed E-state index contributed by atoms with van der Waals surface area (Å²) in [5.74, 6) is -0.288. The number of carbonyl (C=O) groups is 1. The highest BCUT2D eigenvalue weighted by Crippen LogP contribution is 2.35. The molecule has 96 valence electrons. The Morgan fingerprint density at radius 2 is 2.26 bits per heavy atom. The fraction of sp³-hybridized carbons (Fsp3) is 0.0769. The Kier molecular flexibility index (Phi) is 2.80. The molecule has 0 unspecified atom stereocenters. The number of nitrogens with one attached hydrogen (secondary N) is 1. The summed E-state index contributed by atoms with van der Waals surface area (Å²) >= 11 is 7.72. The maximum Gasteiger partial charge on any atom is 0.335 e. The van der Waals surface area contributed by atoms with E-state index in [1.807, 2.05) is 12.3 Å². The van der Waals surface area contributed by atoms with Gasteiger partial charge in [-0.2, -0.15) is 0 Å². The average molecular weight is 293 g/mol. The number of aromatic amines is 1. The lowest BCUT2D eigenvalue weighted by Gasteiger charge is -1.93. The number of rotatable bonds is 2. The monoisotopic (exact) mass is 292 g/mol. The van der Waals surface area contributed by atoms with Crippen LogP contribution in [-0.2, 0) is 0 Å². The Morgan fingerprint density at radius 1 is 1.47 bits per heavy atom. The van der Waals surface area contributed by atoms with Crippen molar-refractivity contribution in [3.05, 3.63) is 39.7 Å². The van der Waals surface area contributed by atoms with Crippen LogP contribution in [-0.4, -0.2) is 21.0 Å². The number of aryl methyl sites for hydroxylation is 1. The number of carboxylic acid groups (broad SMARTS) is 1. The first kappa shape index (κ1) is 12.2. The lowest BCUT2D eigenvalue weighted by Crippen LogP contribution is -1.94. The third kappa shape index (κ3) is 2.01. The van der Waals surface area contributed by atoms with Crippen LogP contribution in [0.1, 0.15) is 15.9 Å². The van der Waals surface area contributed by atoms with E-state index in [2.05, 4.69) is 9.97 Å². The van der Waals surface area contributed by atoms with Gasteiger partial charge in [-0.15, -0.1) is 11.3 Å². The Balaban J connectivity index is 2.16. The van der Waals surface area contributed by atoms with Gasteiger partial charge in [0.25, 0.3) is 0 Å². The maximum absolute atomic E-state index is 10.9. The number of hydrogen-bond donors (Lipinski definition) is 2. The Hall–Kier alpha value is -1.85. The van der Waals surface area contributed by atoms with Gasteiger partial charge >= 0.3 is 5.97 Å². The second-order valence-electron chi connectivity index (χ2n) is 4.18. The van der Waals surface area contributed by atoms with Gasteiger partial charge in [-0.05, 0) is 36.1 Å². The molecule has 3 rings (SSSR count). The summed E-state index contributed by atoms with van der Waals surface area (Å²) in [4.78, 5) is 19.3. The first-order chi connectivity index (χ1) is 9.06. The molecule has 2 N–H and O–H groups in total. The molecular weight excluding hydrogens is 284 g/mol. The van der Waals surface area contributed by atoms with Crippen LogP contribution in [0.3, 0.4) is 0 Å². The van der Waals surface area contributed by atoms with Crippen LogP contribution < -0.4 is 0 Å². The lowest BCUT2D eigenvalue weighted by atomic mass is 10.2. The SMILES string of the molecule is Cc1csc(-c2nc3ccc(C(=O)O)cc3[nH]2)c1Cl. The van der Waals surface area contributed by atoms with Gasteiger partial charge in [0.2, 0.25) is 0 Å². The summed E-state index contributed by atoms with van der Waals surface area (Å²) < 4.78 is 0. The van der Waals surface area contributed by atoms with E-state index in [0.29, 0.717) is 16.4 Å². The first-order valence-corrected chi connectivity index (χ1v) is 6.79. The van der Waals surface area contributed by atoms with Gasteiger partial charge in [0, 0.05) is 0 Å². The molecule has 0 aliphatic heterocycles. The summed E-state index contributed by atoms with van der Waals surface area (Å²) in [5.41, 5.74) is 2.66. The van der Waals surface area contributed by atoms with Crippen LogP contribution in [0.5, 0.6) is 0 Å². The second-order valence-corrected chi connectivity index (χ2v) is 5.44. The number of carboxylic acids is 1. The largest absolute Gasteiger partial charge is 0.478 e. The van der Waals surface area contributed by atoms with E-state index >= 15 is 0 Å². The van der Waals surface area contributed by atoms with Gasteiger partial charge in [0.15, 0.2) is 0 Å². The van der Waals surface area contributed by atoms with Crippen molar-refractivity contribution >= 4 is 39.9 Å². The Bertz CT molecular complexity index is 791. The Labute approximate surface area is 117 Å². The summed E-state index contributed by atoms with van der Waals surface area (Å²) in [5, 5.41) is 11.6. The molecule has 0 amide bonds. The van der Waals surface area contributed by atoms with Gasteiger partial charge in [0.05, 0.1) is 26.5 Å². The van der Waals surface area contributed by atoms with E-state index in [0.717, 1.165) is 16.0 Å². The van der Waals surface area contributed by atoms with Crippen LogP contribution in [0.15, 0.2) is 23.6 Å². The van der Waals surface area contributed by atoms with Gasteiger partial charge in [-0.3, -0.25) is 0 Å². The van der Waals surface area contributed by atoms with E-state index < -0.39 is 5.97 Å². The molecule has 19 heavy (non-hydrogen) atoms. The number of halogens is 1. The molecule has 0 saturated carbocycles. The number of thiophene rings is 1. The molecule has 0 spiro atoms. The lowest BCUT2D eigenvalue weighted by molar-refractivity contribution is 0.0697. The van der Waals surface area contributed by atoms with Crippen molar-refractivity contribution in [1.29, 1.82) is 0 Å². The minimum absolute atomic E-state index is 0.233. The molecule has 6 heteroatoms. The fourth-order valence-corrected chi connectivity index (χ4v) is 3.07. The molecule has 0 atom stereocenters. The molecular formula is C13H9ClN2O2S. The summed E-state index contributed by atoms with van der Waals surface area (Å²) in [7, 11) is 0. The summed E-state index contributed by atoms with van der Waals surface area (Å²) in [6.07, 6.45) is 0. The van der Waals surface area contributed by atoms with E-state index in [-0.39, 0.29) is 5.56 Å². The number of aromatic nitrogens is 2. The van der Waals surface area contributed by atoms with Crippen molar-refractivity contribution in [3.63, 3.8) is 0 Å². The van der Waals surface area contributed by atoms with Crippen molar-refractivity contribution < 1.29 is 9.90 Å². The predicted molar refractivity (Wildman–Crippen MR) is 76.1 cm³/mol. The molecule has 2 aromatic heterocycles. The molecule has 0 aliphatic rings. The molecule has 0 saturated heterocycles. The van der Waals surface area contributed by atoms with Crippen molar-refractivity contribution in [2.75, 3.05) is 0 Å². The van der Waals surface area contributed by atoms with E-state index in [1.165, 1.54) is 17.4 Å². The number of imidazole rings is 1. The number of fused-ring (bicyclic) bond motifs is 1. The van der Waals surface area contributed by atoms with E-state index in [1.54, 1.807) is 12.1 Å². The van der Waals surface area contributed by atoms with Gasteiger partial charge in [-0.1, -0.05) is 11.6 Å². The van der Waals surface area contributed by atoms with Crippen LogP contribution in [0, 0.1) is 6.92 Å². The molecule has 0 fully saturated rings. The summed E-state index contributed by atoms with van der Waals surface area (Å²) in [6.45, 7) is 1.94. The first-order valence-electron chi connectivity index (χ1n) is 5.53. The highest BCUT2D eigenvalue weighted by molar-refractivity contribution is 7.14. The molecule has 2 heterocycles. The normalized spacial score (nSPS) is 11.1. The predicted octanol–water partition coefficient (Wildman–Crippen LogP) is 3.95. The van der Waals surface area contributed by atoms with Crippen molar-refractivity contribution in [2.45, 2.75) is 6.92 Å². The quantitative estimate of drug-likeness (QED) is 0.751. The van der Waals surface area contributed by atoms with Crippen LogP contribution in [0.25, 0.3) is 21.7 Å². The minimum Gasteiger partial charge on any atom is -0.478 e. The van der Waals surface area contributed by atoms with Crippen molar-refractivity contribution in [3.8, 4) is 10.7 Å². The van der Waals surface area contributed by atoms with Crippen LogP contribution in [0.4, 0.5) is 0 Å². The van der Waals surface area contributed by atoms with Gasteiger partial charge in [-0.25, -0.2) is 9.78 Å². The fourth-order valence-electron chi connectivity index (χ4n) is 1.84. The van der Waals surface area contributed by atoms with E-state index in [9.17, 15) is 4.79 Å². The minimum atomic E-state index is -0.956. The third-order valence-electron chi connectivity index (χ3n) is 2.84. The molecule has 1 aromatic carbocycles. The smallest absolute Gasteiger partial charge is 0.335 e. The molecule has 4 nitrogen and oxygen atoms in total. The zero-order chi connectivity index (χ0) is 13.6. The van der Waals surface area contributed by atoms with E-state index in [4.69, 9.17) is 16.7 Å². The number of benzene rings is 1. The number of hydrogen-bond acceptors (Lipinski definition) is 3. The molecule has 0 bridgehead atoms. The Morgan fingerprint density at radius 3 is 2.89 bits per heavy atom.